The van der Waals surface area contributed by atoms with Crippen LogP contribution in [0.15, 0.2) is 24.3 Å². The molecule has 1 aliphatic carbocycles. The van der Waals surface area contributed by atoms with Gasteiger partial charge in [-0.15, -0.1) is 11.3 Å². The molecule has 0 radical (unpaired) electrons. The van der Waals surface area contributed by atoms with Crippen LogP contribution >= 0.6 is 11.3 Å². The van der Waals surface area contributed by atoms with Gasteiger partial charge in [0.1, 0.15) is 11.7 Å². The second-order valence-corrected chi connectivity index (χ2v) is 9.49. The molecule has 30 heavy (non-hydrogen) atoms. The molecule has 2 N–H and O–H groups in total. The molecule has 2 fully saturated rings. The minimum atomic E-state index is -4.43. The summed E-state index contributed by atoms with van der Waals surface area (Å²) < 4.78 is 38.6. The first kappa shape index (κ1) is 20.8. The van der Waals surface area contributed by atoms with Gasteiger partial charge < -0.3 is 10.6 Å². The Morgan fingerprint density at radius 3 is 2.47 bits per heavy atom. The maximum Gasteiger partial charge on any atom is 0.416 e. The van der Waals surface area contributed by atoms with Gasteiger partial charge in [0.15, 0.2) is 0 Å². The van der Waals surface area contributed by atoms with Crippen molar-refractivity contribution in [1.82, 2.24) is 9.88 Å². The number of rotatable bonds is 3. The number of aryl methyl sites for hydroxylation is 1. The minimum Gasteiger partial charge on any atom is -0.368 e. The van der Waals surface area contributed by atoms with Gasteiger partial charge >= 0.3 is 6.18 Å². The molecular formula is C21H22F3N3O2S. The van der Waals surface area contributed by atoms with Gasteiger partial charge in [-0.05, 0) is 55.2 Å². The van der Waals surface area contributed by atoms with Crippen molar-refractivity contribution < 1.29 is 22.8 Å². The maximum atomic E-state index is 13.4. The van der Waals surface area contributed by atoms with Gasteiger partial charge in [0, 0.05) is 6.54 Å². The quantitative estimate of drug-likeness (QED) is 0.785. The predicted octanol–water partition coefficient (Wildman–Crippen LogP) is 4.11. The van der Waals surface area contributed by atoms with E-state index in [9.17, 15) is 22.8 Å². The number of halogens is 3. The summed E-state index contributed by atoms with van der Waals surface area (Å²) in [6.07, 6.45) is -2.63. The number of likely N-dealkylation sites (tertiary alicyclic amines) is 1. The zero-order valence-corrected chi connectivity index (χ0v) is 17.4. The molecule has 1 saturated heterocycles. The molecule has 4 atom stereocenters. The van der Waals surface area contributed by atoms with Gasteiger partial charge in [0.2, 0.25) is 5.91 Å². The number of aromatic nitrogens is 1. The van der Waals surface area contributed by atoms with Gasteiger partial charge in [-0.1, -0.05) is 19.1 Å². The molecule has 2 heterocycles. The number of nitrogens with zero attached hydrogens (tertiary/aromatic N) is 2. The van der Waals surface area contributed by atoms with Crippen LogP contribution in [0.25, 0.3) is 10.4 Å². The van der Waals surface area contributed by atoms with Crippen molar-refractivity contribution >= 4 is 23.2 Å². The van der Waals surface area contributed by atoms with Crippen molar-refractivity contribution in [2.24, 2.45) is 23.5 Å². The van der Waals surface area contributed by atoms with E-state index in [1.165, 1.54) is 28.4 Å². The fourth-order valence-corrected chi connectivity index (χ4v) is 5.84. The van der Waals surface area contributed by atoms with E-state index < -0.39 is 23.7 Å². The van der Waals surface area contributed by atoms with E-state index in [0.717, 1.165) is 25.0 Å². The Morgan fingerprint density at radius 1 is 1.20 bits per heavy atom. The SMILES string of the molecule is Cc1nc(C(=O)N2C[C@@H]3CC(C)C[C@@H]3[C@H]2C(N)=O)c(-c2ccc(C(F)(F)F)cc2)s1. The lowest BCUT2D eigenvalue weighted by molar-refractivity contribution is -0.137. The lowest BCUT2D eigenvalue weighted by atomic mass is 9.93. The maximum absolute atomic E-state index is 13.4. The average Bonchev–Trinajstić information content (AvgIpc) is 3.31. The standard InChI is InChI=1S/C21H22F3N3O2S/c1-10-7-13-9-27(17(19(25)28)15(13)8-10)20(29)16-18(30-11(2)26-16)12-3-5-14(6-4-12)21(22,23)24/h3-6,10,13,15,17H,7-9H2,1-2H3,(H2,25,28)/t10?,13-,15-,17-/m0/s1. The normalized spacial score (nSPS) is 26.1. The Labute approximate surface area is 176 Å². The molecule has 160 valence electrons. The number of fused-ring (bicyclic) bond motifs is 1. The number of nitrogens with two attached hydrogens (primary N) is 1. The number of carbonyl (C=O) groups is 2. The molecule has 4 rings (SSSR count). The van der Waals surface area contributed by atoms with E-state index in [4.69, 9.17) is 5.73 Å². The number of amides is 2. The second kappa shape index (κ2) is 7.37. The highest BCUT2D eigenvalue weighted by Gasteiger charge is 2.51. The topological polar surface area (TPSA) is 76.3 Å². The molecule has 1 aromatic heterocycles. The van der Waals surface area contributed by atoms with E-state index in [1.807, 2.05) is 0 Å². The number of benzene rings is 1. The molecule has 0 bridgehead atoms. The molecule has 1 aromatic carbocycles. The third-order valence-corrected chi connectivity index (χ3v) is 7.14. The summed E-state index contributed by atoms with van der Waals surface area (Å²) in [5.74, 6) is -0.136. The van der Waals surface area contributed by atoms with Crippen LogP contribution in [0.2, 0.25) is 0 Å². The second-order valence-electron chi connectivity index (χ2n) is 8.29. The highest BCUT2D eigenvalue weighted by atomic mass is 32.1. The molecule has 5 nitrogen and oxygen atoms in total. The van der Waals surface area contributed by atoms with Crippen LogP contribution < -0.4 is 5.73 Å². The molecule has 2 aromatic rings. The summed E-state index contributed by atoms with van der Waals surface area (Å²) in [5.41, 5.74) is 5.56. The first-order chi connectivity index (χ1) is 14.1. The van der Waals surface area contributed by atoms with Crippen LogP contribution in [0.3, 0.4) is 0 Å². The molecule has 9 heteroatoms. The number of thiazole rings is 1. The smallest absolute Gasteiger partial charge is 0.368 e. The van der Waals surface area contributed by atoms with Crippen molar-refractivity contribution in [3.63, 3.8) is 0 Å². The summed E-state index contributed by atoms with van der Waals surface area (Å²) in [4.78, 5) is 32.0. The first-order valence-electron chi connectivity index (χ1n) is 9.81. The monoisotopic (exact) mass is 437 g/mol. The molecule has 1 aliphatic heterocycles. The van der Waals surface area contributed by atoms with Gasteiger partial charge in [-0.2, -0.15) is 13.2 Å². The van der Waals surface area contributed by atoms with E-state index >= 15 is 0 Å². The highest BCUT2D eigenvalue weighted by Crippen LogP contribution is 2.46. The van der Waals surface area contributed by atoms with Crippen molar-refractivity contribution in [3.05, 3.63) is 40.5 Å². The largest absolute Gasteiger partial charge is 0.416 e. The molecule has 2 amide bonds. The zero-order valence-electron chi connectivity index (χ0n) is 16.6. The first-order valence-corrected chi connectivity index (χ1v) is 10.6. The summed E-state index contributed by atoms with van der Waals surface area (Å²) >= 11 is 1.24. The van der Waals surface area contributed by atoms with Crippen molar-refractivity contribution in [1.29, 1.82) is 0 Å². The highest BCUT2D eigenvalue weighted by molar-refractivity contribution is 7.15. The molecule has 1 saturated carbocycles. The fraction of sp³-hybridized carbons (Fsp3) is 0.476. The van der Waals surface area contributed by atoms with E-state index in [2.05, 4.69) is 11.9 Å². The van der Waals surface area contributed by atoms with Gasteiger partial charge in [0.05, 0.1) is 15.4 Å². The van der Waals surface area contributed by atoms with Crippen LogP contribution in [0.1, 0.15) is 40.8 Å². The number of hydrogen-bond donors (Lipinski definition) is 1. The Bertz CT molecular complexity index is 986. The fourth-order valence-electron chi connectivity index (χ4n) is 4.93. The van der Waals surface area contributed by atoms with Crippen LogP contribution in [-0.2, 0) is 11.0 Å². The molecule has 1 unspecified atom stereocenters. The third-order valence-electron chi connectivity index (χ3n) is 6.12. The summed E-state index contributed by atoms with van der Waals surface area (Å²) in [7, 11) is 0. The Kier molecular flexibility index (Phi) is 5.12. The average molecular weight is 437 g/mol. The number of primary amides is 1. The summed E-state index contributed by atoms with van der Waals surface area (Å²) in [6, 6.07) is 4.01. The van der Waals surface area contributed by atoms with Crippen LogP contribution in [-0.4, -0.2) is 34.3 Å². The third kappa shape index (κ3) is 3.59. The van der Waals surface area contributed by atoms with Crippen molar-refractivity contribution in [2.45, 2.75) is 38.9 Å². The lowest BCUT2D eigenvalue weighted by Gasteiger charge is -2.25. The van der Waals surface area contributed by atoms with Crippen LogP contribution in [0.4, 0.5) is 13.2 Å². The van der Waals surface area contributed by atoms with E-state index in [-0.39, 0.29) is 23.4 Å². The van der Waals surface area contributed by atoms with Crippen molar-refractivity contribution in [2.75, 3.05) is 6.54 Å². The number of carbonyl (C=O) groups excluding carboxylic acids is 2. The number of hydrogen-bond acceptors (Lipinski definition) is 4. The minimum absolute atomic E-state index is 0.0516. The van der Waals surface area contributed by atoms with Gasteiger partial charge in [0.25, 0.3) is 5.91 Å². The Hall–Kier alpha value is -2.42. The summed E-state index contributed by atoms with van der Waals surface area (Å²) in [5, 5.41) is 0.622. The van der Waals surface area contributed by atoms with Crippen LogP contribution in [0, 0.1) is 24.7 Å². The molecule has 2 aliphatic rings. The molecule has 0 spiro atoms. The Morgan fingerprint density at radius 2 is 1.87 bits per heavy atom. The predicted molar refractivity (Wildman–Crippen MR) is 107 cm³/mol. The lowest BCUT2D eigenvalue weighted by Crippen LogP contribution is -2.46. The van der Waals surface area contributed by atoms with Crippen LogP contribution in [0.5, 0.6) is 0 Å². The Balaban J connectivity index is 1.67. The zero-order chi connectivity index (χ0) is 21.8. The van der Waals surface area contributed by atoms with E-state index in [1.54, 1.807) is 6.92 Å². The number of alkyl halides is 3. The van der Waals surface area contributed by atoms with E-state index in [0.29, 0.717) is 27.9 Å². The van der Waals surface area contributed by atoms with Gasteiger partial charge in [-0.3, -0.25) is 9.59 Å². The summed E-state index contributed by atoms with van der Waals surface area (Å²) in [6.45, 7) is 4.32. The van der Waals surface area contributed by atoms with Gasteiger partial charge in [-0.25, -0.2) is 4.98 Å². The molecular weight excluding hydrogens is 415 g/mol. The van der Waals surface area contributed by atoms with Crippen molar-refractivity contribution in [3.8, 4) is 10.4 Å².